The summed E-state index contributed by atoms with van der Waals surface area (Å²) in [6.07, 6.45) is 0. The summed E-state index contributed by atoms with van der Waals surface area (Å²) in [5.41, 5.74) is 1.27. The summed E-state index contributed by atoms with van der Waals surface area (Å²) in [7, 11) is 0. The number of anilines is 1. The van der Waals surface area contributed by atoms with Gasteiger partial charge in [-0.1, -0.05) is 35.3 Å². The first-order chi connectivity index (χ1) is 10.1. The lowest BCUT2D eigenvalue weighted by Gasteiger charge is -2.09. The second kappa shape index (κ2) is 7.31. The molecule has 0 saturated carbocycles. The fourth-order valence-corrected chi connectivity index (χ4v) is 2.11. The predicted octanol–water partition coefficient (Wildman–Crippen LogP) is 3.50. The summed E-state index contributed by atoms with van der Waals surface area (Å²) in [5, 5.41) is 12.5. The molecule has 0 aliphatic rings. The molecule has 0 aliphatic heterocycles. The first-order valence-electron chi connectivity index (χ1n) is 6.16. The summed E-state index contributed by atoms with van der Waals surface area (Å²) in [6.45, 7) is -0.278. The van der Waals surface area contributed by atoms with Crippen LogP contribution in [0.3, 0.4) is 0 Å². The van der Waals surface area contributed by atoms with E-state index >= 15 is 0 Å². The minimum atomic E-state index is -0.320. The maximum atomic E-state index is 11.8. The Kier molecular flexibility index (Phi) is 5.44. The quantitative estimate of drug-likeness (QED) is 0.884. The standard InChI is InChI=1S/C15H13Cl2NO3/c16-11-2-1-3-12(7-11)18-15(20)9-21-14-5-4-10(8-19)6-13(14)17/h1-7,19H,8-9H2,(H,18,20). The van der Waals surface area contributed by atoms with Crippen LogP contribution in [0.25, 0.3) is 0 Å². The summed E-state index contributed by atoms with van der Waals surface area (Å²) < 4.78 is 5.34. The van der Waals surface area contributed by atoms with E-state index in [2.05, 4.69) is 5.32 Å². The normalized spacial score (nSPS) is 10.2. The fourth-order valence-electron chi connectivity index (χ4n) is 1.67. The maximum Gasteiger partial charge on any atom is 0.262 e. The van der Waals surface area contributed by atoms with Crippen molar-refractivity contribution >= 4 is 34.8 Å². The zero-order valence-electron chi connectivity index (χ0n) is 11.0. The van der Waals surface area contributed by atoms with E-state index in [1.165, 1.54) is 0 Å². The van der Waals surface area contributed by atoms with Gasteiger partial charge in [0.1, 0.15) is 5.75 Å². The highest BCUT2D eigenvalue weighted by atomic mass is 35.5. The van der Waals surface area contributed by atoms with E-state index in [4.69, 9.17) is 33.0 Å². The lowest BCUT2D eigenvalue weighted by Crippen LogP contribution is -2.20. The van der Waals surface area contributed by atoms with Crippen LogP contribution >= 0.6 is 23.2 Å². The highest BCUT2D eigenvalue weighted by Gasteiger charge is 2.07. The minimum Gasteiger partial charge on any atom is -0.482 e. The second-order valence-electron chi connectivity index (χ2n) is 4.27. The fraction of sp³-hybridized carbons (Fsp3) is 0.133. The van der Waals surface area contributed by atoms with Crippen LogP contribution in [0.2, 0.25) is 10.0 Å². The van der Waals surface area contributed by atoms with Crippen LogP contribution in [0.5, 0.6) is 5.75 Å². The van der Waals surface area contributed by atoms with Gasteiger partial charge < -0.3 is 15.2 Å². The zero-order valence-corrected chi connectivity index (χ0v) is 12.5. The van der Waals surface area contributed by atoms with Gasteiger partial charge in [0.2, 0.25) is 0 Å². The largest absolute Gasteiger partial charge is 0.482 e. The Balaban J connectivity index is 1.92. The summed E-state index contributed by atoms with van der Waals surface area (Å²) in [4.78, 5) is 11.8. The molecule has 2 aromatic rings. The molecular weight excluding hydrogens is 313 g/mol. The highest BCUT2D eigenvalue weighted by molar-refractivity contribution is 6.32. The van der Waals surface area contributed by atoms with Crippen molar-refractivity contribution in [1.82, 2.24) is 0 Å². The van der Waals surface area contributed by atoms with Crippen molar-refractivity contribution in [1.29, 1.82) is 0 Å². The summed E-state index contributed by atoms with van der Waals surface area (Å²) in [5.74, 6) is 0.0645. The molecule has 2 N–H and O–H groups in total. The van der Waals surface area contributed by atoms with Crippen LogP contribution in [0, 0.1) is 0 Å². The second-order valence-corrected chi connectivity index (χ2v) is 5.11. The predicted molar refractivity (Wildman–Crippen MR) is 83.0 cm³/mol. The third-order valence-electron chi connectivity index (χ3n) is 2.65. The third kappa shape index (κ3) is 4.63. The maximum absolute atomic E-state index is 11.8. The van der Waals surface area contributed by atoms with E-state index in [0.29, 0.717) is 27.0 Å². The van der Waals surface area contributed by atoms with Crippen LogP contribution < -0.4 is 10.1 Å². The first kappa shape index (κ1) is 15.6. The summed E-state index contributed by atoms with van der Waals surface area (Å²) in [6, 6.07) is 11.7. The van der Waals surface area contributed by atoms with Crippen LogP contribution in [0.1, 0.15) is 5.56 Å². The molecule has 0 unspecified atom stereocenters. The number of carbonyl (C=O) groups excluding carboxylic acids is 1. The van der Waals surface area contributed by atoms with E-state index in [1.54, 1.807) is 42.5 Å². The van der Waals surface area contributed by atoms with E-state index in [-0.39, 0.29) is 19.1 Å². The first-order valence-corrected chi connectivity index (χ1v) is 6.91. The number of nitrogens with one attached hydrogen (secondary N) is 1. The Hall–Kier alpha value is -1.75. The van der Waals surface area contributed by atoms with E-state index in [1.807, 2.05) is 0 Å². The molecule has 0 aliphatic carbocycles. The number of halogens is 2. The number of hydrogen-bond acceptors (Lipinski definition) is 3. The molecule has 21 heavy (non-hydrogen) atoms. The van der Waals surface area contributed by atoms with E-state index in [9.17, 15) is 4.79 Å². The van der Waals surface area contributed by atoms with Crippen LogP contribution in [0.15, 0.2) is 42.5 Å². The van der Waals surface area contributed by atoms with E-state index < -0.39 is 0 Å². The SMILES string of the molecule is O=C(COc1ccc(CO)cc1Cl)Nc1cccc(Cl)c1. The number of ether oxygens (including phenoxy) is 1. The minimum absolute atomic E-state index is 0.102. The van der Waals surface area contributed by atoms with Crippen molar-refractivity contribution in [2.75, 3.05) is 11.9 Å². The summed E-state index contributed by atoms with van der Waals surface area (Å²) >= 11 is 11.8. The molecule has 0 spiro atoms. The molecular formula is C15H13Cl2NO3. The molecule has 0 fully saturated rings. The van der Waals surface area contributed by atoms with Gasteiger partial charge in [-0.25, -0.2) is 0 Å². The number of aliphatic hydroxyl groups is 1. The van der Waals surface area contributed by atoms with Crippen molar-refractivity contribution in [2.24, 2.45) is 0 Å². The smallest absolute Gasteiger partial charge is 0.262 e. The van der Waals surface area contributed by atoms with Crippen molar-refractivity contribution < 1.29 is 14.6 Å². The molecule has 110 valence electrons. The molecule has 0 aromatic heterocycles. The van der Waals surface area contributed by atoms with Gasteiger partial charge in [0, 0.05) is 10.7 Å². The monoisotopic (exact) mass is 325 g/mol. The molecule has 0 radical (unpaired) electrons. The zero-order chi connectivity index (χ0) is 15.2. The number of aliphatic hydroxyl groups excluding tert-OH is 1. The van der Waals surface area contributed by atoms with Crippen molar-refractivity contribution in [3.63, 3.8) is 0 Å². The van der Waals surface area contributed by atoms with Crippen LogP contribution in [-0.4, -0.2) is 17.6 Å². The Labute approximate surface area is 132 Å². The molecule has 4 nitrogen and oxygen atoms in total. The van der Waals surface area contributed by atoms with Gasteiger partial charge >= 0.3 is 0 Å². The Morgan fingerprint density at radius 1 is 1.19 bits per heavy atom. The highest BCUT2D eigenvalue weighted by Crippen LogP contribution is 2.25. The van der Waals surface area contributed by atoms with Gasteiger partial charge in [-0.05, 0) is 35.9 Å². The molecule has 6 heteroatoms. The number of benzene rings is 2. The van der Waals surface area contributed by atoms with Gasteiger partial charge in [-0.2, -0.15) is 0 Å². The van der Waals surface area contributed by atoms with Gasteiger partial charge in [-0.15, -0.1) is 0 Å². The number of hydrogen-bond donors (Lipinski definition) is 2. The Bertz CT molecular complexity index is 647. The lowest BCUT2D eigenvalue weighted by molar-refractivity contribution is -0.118. The van der Waals surface area contributed by atoms with Gasteiger partial charge in [0.25, 0.3) is 5.91 Å². The molecule has 0 heterocycles. The lowest BCUT2D eigenvalue weighted by atomic mass is 10.2. The molecule has 0 saturated heterocycles. The van der Waals surface area contributed by atoms with Gasteiger partial charge in [0.05, 0.1) is 11.6 Å². The van der Waals surface area contributed by atoms with Crippen LogP contribution in [-0.2, 0) is 11.4 Å². The molecule has 0 atom stereocenters. The van der Waals surface area contributed by atoms with Gasteiger partial charge in [-0.3, -0.25) is 4.79 Å². The molecule has 1 amide bonds. The molecule has 0 bridgehead atoms. The van der Waals surface area contributed by atoms with Crippen LogP contribution in [0.4, 0.5) is 5.69 Å². The van der Waals surface area contributed by atoms with E-state index in [0.717, 1.165) is 0 Å². The Morgan fingerprint density at radius 3 is 2.67 bits per heavy atom. The molecule has 2 rings (SSSR count). The third-order valence-corrected chi connectivity index (χ3v) is 3.18. The van der Waals surface area contributed by atoms with Crippen molar-refractivity contribution in [2.45, 2.75) is 6.61 Å². The topological polar surface area (TPSA) is 58.6 Å². The average Bonchev–Trinajstić information content (AvgIpc) is 2.46. The van der Waals surface area contributed by atoms with Gasteiger partial charge in [0.15, 0.2) is 6.61 Å². The molecule has 2 aromatic carbocycles. The number of amides is 1. The number of carbonyl (C=O) groups is 1. The number of rotatable bonds is 5. The Morgan fingerprint density at radius 2 is 2.00 bits per heavy atom. The average molecular weight is 326 g/mol. The van der Waals surface area contributed by atoms with Crippen molar-refractivity contribution in [3.05, 3.63) is 58.1 Å². The van der Waals surface area contributed by atoms with Crippen molar-refractivity contribution in [3.8, 4) is 5.75 Å².